The third-order valence-corrected chi connectivity index (χ3v) is 5.41. The Morgan fingerprint density at radius 1 is 0.839 bits per heavy atom. The number of hydrogen-bond acceptors (Lipinski definition) is 4. The number of nitro benzene ring substituents is 1. The minimum Gasteiger partial charge on any atom is -0.289 e. The number of halogens is 2. The standard InChI is InChI=1S/C22H15Cl2N3O4/c23-16-10-18(24)20-19(11-16)25(12-14-5-2-1-3-6-14)22(29)26(21(20)28)13-15-7-4-8-17(9-15)27(30)31/h1-11H,12-13H2. The Balaban J connectivity index is 1.96. The summed E-state index contributed by atoms with van der Waals surface area (Å²) in [6, 6.07) is 18.1. The van der Waals surface area contributed by atoms with Gasteiger partial charge in [0.1, 0.15) is 0 Å². The highest BCUT2D eigenvalue weighted by molar-refractivity contribution is 6.38. The first-order valence-electron chi connectivity index (χ1n) is 9.25. The molecular weight excluding hydrogens is 441 g/mol. The normalized spacial score (nSPS) is 11.0. The first-order chi connectivity index (χ1) is 14.8. The SMILES string of the molecule is O=c1c2c(Cl)cc(Cl)cc2n(Cc2ccccc2)c(=O)n1Cc1cccc([N+](=O)[O-])c1. The molecule has 31 heavy (non-hydrogen) atoms. The van der Waals surface area contributed by atoms with Crippen LogP contribution in [-0.2, 0) is 13.1 Å². The van der Waals surface area contributed by atoms with E-state index < -0.39 is 16.2 Å². The number of nitro groups is 1. The van der Waals surface area contributed by atoms with Crippen LogP contribution >= 0.6 is 23.2 Å². The molecule has 9 heteroatoms. The highest BCUT2D eigenvalue weighted by atomic mass is 35.5. The van der Waals surface area contributed by atoms with Gasteiger partial charge in [-0.25, -0.2) is 4.79 Å². The summed E-state index contributed by atoms with van der Waals surface area (Å²) in [6.45, 7) is 0.0606. The third kappa shape index (κ3) is 4.10. The van der Waals surface area contributed by atoms with Gasteiger partial charge in [0.2, 0.25) is 0 Å². The van der Waals surface area contributed by atoms with E-state index >= 15 is 0 Å². The molecule has 4 rings (SSSR count). The zero-order valence-corrected chi connectivity index (χ0v) is 17.5. The van der Waals surface area contributed by atoms with Gasteiger partial charge >= 0.3 is 5.69 Å². The Bertz CT molecular complexity index is 1430. The van der Waals surface area contributed by atoms with Crippen molar-refractivity contribution in [2.24, 2.45) is 0 Å². The van der Waals surface area contributed by atoms with Crippen molar-refractivity contribution in [2.45, 2.75) is 13.1 Å². The number of fused-ring (bicyclic) bond motifs is 1. The van der Waals surface area contributed by atoms with Crippen LogP contribution in [0.25, 0.3) is 10.9 Å². The molecule has 0 atom stereocenters. The molecular formula is C22H15Cl2N3O4. The fourth-order valence-corrected chi connectivity index (χ4v) is 4.03. The number of hydrogen-bond donors (Lipinski definition) is 0. The summed E-state index contributed by atoms with van der Waals surface area (Å²) in [5.74, 6) is 0. The molecule has 0 unspecified atom stereocenters. The van der Waals surface area contributed by atoms with E-state index in [9.17, 15) is 19.7 Å². The summed E-state index contributed by atoms with van der Waals surface area (Å²) in [6.07, 6.45) is 0. The van der Waals surface area contributed by atoms with Crippen LogP contribution in [0.3, 0.4) is 0 Å². The quantitative estimate of drug-likeness (QED) is 0.328. The Hall–Kier alpha value is -3.42. The lowest BCUT2D eigenvalue weighted by Crippen LogP contribution is -2.40. The monoisotopic (exact) mass is 455 g/mol. The Kier molecular flexibility index (Phi) is 5.63. The third-order valence-electron chi connectivity index (χ3n) is 4.89. The van der Waals surface area contributed by atoms with Crippen LogP contribution in [0.1, 0.15) is 11.1 Å². The van der Waals surface area contributed by atoms with E-state index in [-0.39, 0.29) is 29.2 Å². The van der Waals surface area contributed by atoms with Crippen molar-refractivity contribution >= 4 is 39.8 Å². The summed E-state index contributed by atoms with van der Waals surface area (Å²) in [7, 11) is 0. The van der Waals surface area contributed by atoms with Gasteiger partial charge in [0, 0.05) is 17.2 Å². The van der Waals surface area contributed by atoms with Crippen LogP contribution in [-0.4, -0.2) is 14.1 Å². The molecule has 0 fully saturated rings. The maximum absolute atomic E-state index is 13.4. The molecule has 0 aliphatic rings. The largest absolute Gasteiger partial charge is 0.332 e. The lowest BCUT2D eigenvalue weighted by molar-refractivity contribution is -0.384. The molecule has 7 nitrogen and oxygen atoms in total. The molecule has 0 saturated carbocycles. The van der Waals surface area contributed by atoms with Gasteiger partial charge in [-0.05, 0) is 23.3 Å². The molecule has 4 aromatic rings. The Morgan fingerprint density at radius 3 is 2.23 bits per heavy atom. The molecule has 0 N–H and O–H groups in total. The van der Waals surface area contributed by atoms with Crippen molar-refractivity contribution in [1.82, 2.24) is 9.13 Å². The fourth-order valence-electron chi connectivity index (χ4n) is 3.46. The van der Waals surface area contributed by atoms with Crippen LogP contribution in [0.2, 0.25) is 10.0 Å². The topological polar surface area (TPSA) is 87.1 Å². The summed E-state index contributed by atoms with van der Waals surface area (Å²) < 4.78 is 2.46. The summed E-state index contributed by atoms with van der Waals surface area (Å²) in [4.78, 5) is 37.1. The predicted octanol–water partition coefficient (Wildman–Crippen LogP) is 4.47. The minimum absolute atomic E-state index is 0.124. The second-order valence-electron chi connectivity index (χ2n) is 6.95. The average molecular weight is 456 g/mol. The van der Waals surface area contributed by atoms with Crippen LogP contribution in [0.4, 0.5) is 5.69 Å². The second-order valence-corrected chi connectivity index (χ2v) is 7.80. The molecule has 0 radical (unpaired) electrons. The van der Waals surface area contributed by atoms with Gasteiger partial charge in [0.25, 0.3) is 11.2 Å². The van der Waals surface area contributed by atoms with E-state index in [0.29, 0.717) is 16.1 Å². The van der Waals surface area contributed by atoms with E-state index in [2.05, 4.69) is 0 Å². The molecule has 0 saturated heterocycles. The van der Waals surface area contributed by atoms with Crippen molar-refractivity contribution in [3.63, 3.8) is 0 Å². The number of benzene rings is 3. The molecule has 1 aromatic heterocycles. The number of non-ortho nitro benzene ring substituents is 1. The summed E-state index contributed by atoms with van der Waals surface area (Å²) in [5, 5.41) is 11.7. The lowest BCUT2D eigenvalue weighted by Gasteiger charge is -2.15. The zero-order valence-electron chi connectivity index (χ0n) is 16.0. The number of aromatic nitrogens is 2. The van der Waals surface area contributed by atoms with E-state index in [1.165, 1.54) is 34.9 Å². The molecule has 156 valence electrons. The van der Waals surface area contributed by atoms with E-state index in [0.717, 1.165) is 10.1 Å². The number of rotatable bonds is 5. The first kappa shape index (κ1) is 20.8. The molecule has 3 aromatic carbocycles. The molecule has 0 aliphatic carbocycles. The van der Waals surface area contributed by atoms with Crippen molar-refractivity contribution < 1.29 is 4.92 Å². The van der Waals surface area contributed by atoms with Gasteiger partial charge in [0.15, 0.2) is 0 Å². The maximum Gasteiger partial charge on any atom is 0.332 e. The Labute approximate surface area is 185 Å². The van der Waals surface area contributed by atoms with Gasteiger partial charge in [-0.2, -0.15) is 0 Å². The Morgan fingerprint density at radius 2 is 1.52 bits per heavy atom. The predicted molar refractivity (Wildman–Crippen MR) is 120 cm³/mol. The second kappa shape index (κ2) is 8.37. The summed E-state index contributed by atoms with van der Waals surface area (Å²) in [5.41, 5.74) is 0.350. The van der Waals surface area contributed by atoms with Gasteiger partial charge < -0.3 is 0 Å². The van der Waals surface area contributed by atoms with Crippen LogP contribution < -0.4 is 11.2 Å². The molecule has 0 aliphatic heterocycles. The van der Waals surface area contributed by atoms with Gasteiger partial charge in [-0.3, -0.25) is 24.0 Å². The van der Waals surface area contributed by atoms with Gasteiger partial charge in [0.05, 0.1) is 33.9 Å². The van der Waals surface area contributed by atoms with Gasteiger partial charge in [-0.15, -0.1) is 0 Å². The van der Waals surface area contributed by atoms with Crippen molar-refractivity contribution in [1.29, 1.82) is 0 Å². The lowest BCUT2D eigenvalue weighted by atomic mass is 10.1. The minimum atomic E-state index is -0.586. The number of nitrogens with zero attached hydrogens (tertiary/aromatic N) is 3. The first-order valence-corrected chi connectivity index (χ1v) is 10.0. The molecule has 0 spiro atoms. The molecule has 0 bridgehead atoms. The van der Waals surface area contributed by atoms with Gasteiger partial charge in [-0.1, -0.05) is 65.7 Å². The van der Waals surface area contributed by atoms with Crippen molar-refractivity contribution in [3.05, 3.63) is 119 Å². The zero-order chi connectivity index (χ0) is 22.1. The van der Waals surface area contributed by atoms with E-state index in [4.69, 9.17) is 23.2 Å². The summed E-state index contributed by atoms with van der Waals surface area (Å²) >= 11 is 12.5. The van der Waals surface area contributed by atoms with Crippen LogP contribution in [0.15, 0.2) is 76.3 Å². The molecule has 1 heterocycles. The maximum atomic E-state index is 13.4. The van der Waals surface area contributed by atoms with Crippen LogP contribution in [0.5, 0.6) is 0 Å². The van der Waals surface area contributed by atoms with E-state index in [1.807, 2.05) is 30.3 Å². The van der Waals surface area contributed by atoms with Crippen molar-refractivity contribution in [3.8, 4) is 0 Å². The van der Waals surface area contributed by atoms with E-state index in [1.54, 1.807) is 6.07 Å². The highest BCUT2D eigenvalue weighted by Crippen LogP contribution is 2.25. The average Bonchev–Trinajstić information content (AvgIpc) is 2.74. The van der Waals surface area contributed by atoms with Crippen LogP contribution in [0, 0.1) is 10.1 Å². The highest BCUT2D eigenvalue weighted by Gasteiger charge is 2.18. The molecule has 0 amide bonds. The smallest absolute Gasteiger partial charge is 0.289 e. The fraction of sp³-hybridized carbons (Fsp3) is 0.0909. The van der Waals surface area contributed by atoms with Crippen molar-refractivity contribution in [2.75, 3.05) is 0 Å².